The Morgan fingerprint density at radius 3 is 2.67 bits per heavy atom. The maximum Gasteiger partial charge on any atom is 0.331 e. The predicted molar refractivity (Wildman–Crippen MR) is 70.1 cm³/mol. The van der Waals surface area contributed by atoms with Crippen LogP contribution in [0.4, 0.5) is 0 Å². The van der Waals surface area contributed by atoms with Crippen LogP contribution in [0.2, 0.25) is 0 Å². The van der Waals surface area contributed by atoms with E-state index in [0.29, 0.717) is 12.0 Å². The molecule has 3 unspecified atom stereocenters. The molecule has 2 rings (SSSR count). The zero-order valence-corrected chi connectivity index (χ0v) is 11.3. The summed E-state index contributed by atoms with van der Waals surface area (Å²) in [5.41, 5.74) is 1.10. The van der Waals surface area contributed by atoms with Gasteiger partial charge in [-0.1, -0.05) is 17.7 Å². The highest BCUT2D eigenvalue weighted by Crippen LogP contribution is 2.46. The standard InChI is InChI=1S/C15H22O3/c1-9-4-5-10-11(14(16)17)6-7-13(12(10)8-9)15(2,3)18/h6,8,10,12-13,18H,4-5,7H2,1-3H3,(H,16,17). The SMILES string of the molecule is CC1=CC2C(CC1)C(C(=O)O)=CCC2C(C)(C)O. The summed E-state index contributed by atoms with van der Waals surface area (Å²) in [6.45, 7) is 5.74. The molecule has 18 heavy (non-hydrogen) atoms. The lowest BCUT2D eigenvalue weighted by Crippen LogP contribution is -2.43. The second kappa shape index (κ2) is 4.54. The Balaban J connectivity index is 2.39. The lowest BCUT2D eigenvalue weighted by atomic mass is 9.62. The molecule has 0 fully saturated rings. The number of carboxylic acid groups (broad SMARTS) is 1. The lowest BCUT2D eigenvalue weighted by Gasteiger charge is -2.43. The molecule has 3 nitrogen and oxygen atoms in total. The summed E-state index contributed by atoms with van der Waals surface area (Å²) in [5.74, 6) is -0.459. The number of carboxylic acids is 1. The highest BCUT2D eigenvalue weighted by atomic mass is 16.4. The minimum atomic E-state index is -0.799. The monoisotopic (exact) mass is 250 g/mol. The molecule has 2 aliphatic rings. The minimum Gasteiger partial charge on any atom is -0.478 e. The van der Waals surface area contributed by atoms with Crippen molar-refractivity contribution in [1.29, 1.82) is 0 Å². The van der Waals surface area contributed by atoms with E-state index in [1.165, 1.54) is 5.57 Å². The van der Waals surface area contributed by atoms with Gasteiger partial charge in [0.1, 0.15) is 0 Å². The maximum absolute atomic E-state index is 11.3. The first-order valence-corrected chi connectivity index (χ1v) is 6.63. The first-order valence-electron chi connectivity index (χ1n) is 6.63. The molecule has 0 radical (unpaired) electrons. The van der Waals surface area contributed by atoms with Crippen LogP contribution in [-0.2, 0) is 4.79 Å². The molecule has 0 aliphatic heterocycles. The average molecular weight is 250 g/mol. The highest BCUT2D eigenvalue weighted by Gasteiger charge is 2.43. The number of carbonyl (C=O) groups is 1. The summed E-state index contributed by atoms with van der Waals surface area (Å²) < 4.78 is 0. The molecule has 0 saturated heterocycles. The average Bonchev–Trinajstić information content (AvgIpc) is 2.25. The van der Waals surface area contributed by atoms with E-state index < -0.39 is 11.6 Å². The molecule has 0 saturated carbocycles. The number of rotatable bonds is 2. The highest BCUT2D eigenvalue weighted by molar-refractivity contribution is 5.87. The summed E-state index contributed by atoms with van der Waals surface area (Å²) in [6, 6.07) is 0. The Bertz CT molecular complexity index is 412. The van der Waals surface area contributed by atoms with E-state index in [-0.39, 0.29) is 17.8 Å². The molecule has 0 aromatic carbocycles. The molecular weight excluding hydrogens is 228 g/mol. The molecule has 3 atom stereocenters. The summed E-state index contributed by atoms with van der Waals surface area (Å²) in [6.07, 6.45) is 6.51. The first-order chi connectivity index (χ1) is 8.30. The molecule has 0 heterocycles. The number of aliphatic hydroxyl groups is 1. The summed E-state index contributed by atoms with van der Waals surface area (Å²) >= 11 is 0. The van der Waals surface area contributed by atoms with Gasteiger partial charge in [-0.05, 0) is 57.8 Å². The van der Waals surface area contributed by atoms with E-state index in [2.05, 4.69) is 13.0 Å². The zero-order chi connectivity index (χ0) is 13.5. The second-order valence-electron chi connectivity index (χ2n) is 6.20. The fourth-order valence-electron chi connectivity index (χ4n) is 3.43. The Morgan fingerprint density at radius 2 is 2.11 bits per heavy atom. The van der Waals surface area contributed by atoms with Crippen LogP contribution in [0.5, 0.6) is 0 Å². The van der Waals surface area contributed by atoms with Crippen LogP contribution in [0.25, 0.3) is 0 Å². The van der Waals surface area contributed by atoms with Gasteiger partial charge in [-0.25, -0.2) is 4.79 Å². The van der Waals surface area contributed by atoms with Gasteiger partial charge in [-0.3, -0.25) is 0 Å². The van der Waals surface area contributed by atoms with Gasteiger partial charge in [0, 0.05) is 5.57 Å². The quantitative estimate of drug-likeness (QED) is 0.741. The van der Waals surface area contributed by atoms with E-state index in [1.54, 1.807) is 0 Å². The largest absolute Gasteiger partial charge is 0.478 e. The minimum absolute atomic E-state index is 0.0661. The van der Waals surface area contributed by atoms with Crippen molar-refractivity contribution in [2.24, 2.45) is 17.8 Å². The van der Waals surface area contributed by atoms with Crippen LogP contribution in [0.3, 0.4) is 0 Å². The van der Waals surface area contributed by atoms with Crippen LogP contribution in [0.15, 0.2) is 23.3 Å². The molecule has 0 aromatic rings. The molecule has 0 amide bonds. The molecule has 3 heteroatoms. The maximum atomic E-state index is 11.3. The van der Waals surface area contributed by atoms with Crippen molar-refractivity contribution >= 4 is 5.97 Å². The van der Waals surface area contributed by atoms with Crippen LogP contribution >= 0.6 is 0 Å². The Morgan fingerprint density at radius 1 is 1.44 bits per heavy atom. The number of aliphatic carboxylic acids is 1. The van der Waals surface area contributed by atoms with Gasteiger partial charge in [0.25, 0.3) is 0 Å². The Labute approximate surface area is 108 Å². The van der Waals surface area contributed by atoms with Gasteiger partial charge in [0.15, 0.2) is 0 Å². The predicted octanol–water partition coefficient (Wildman–Crippen LogP) is 2.76. The van der Waals surface area contributed by atoms with Crippen molar-refractivity contribution in [1.82, 2.24) is 0 Å². The van der Waals surface area contributed by atoms with Crippen LogP contribution in [-0.4, -0.2) is 21.8 Å². The normalized spacial score (nSPS) is 32.3. The third kappa shape index (κ3) is 2.37. The molecule has 2 N–H and O–H groups in total. The number of allylic oxidation sites excluding steroid dienone is 3. The lowest BCUT2D eigenvalue weighted by molar-refractivity contribution is -0.134. The summed E-state index contributed by atoms with van der Waals surface area (Å²) in [4.78, 5) is 11.3. The Kier molecular flexibility index (Phi) is 3.37. The molecule has 0 aromatic heterocycles. The molecule has 100 valence electrons. The van der Waals surface area contributed by atoms with E-state index in [0.717, 1.165) is 12.8 Å². The number of hydrogen-bond donors (Lipinski definition) is 2. The molecule has 2 aliphatic carbocycles. The third-order valence-corrected chi connectivity index (χ3v) is 4.40. The van der Waals surface area contributed by atoms with Gasteiger partial charge >= 0.3 is 5.97 Å². The van der Waals surface area contributed by atoms with Gasteiger partial charge in [-0.15, -0.1) is 0 Å². The van der Waals surface area contributed by atoms with Crippen LogP contribution < -0.4 is 0 Å². The Hall–Kier alpha value is -1.09. The summed E-state index contributed by atoms with van der Waals surface area (Å²) in [7, 11) is 0. The molecule has 0 bridgehead atoms. The van der Waals surface area contributed by atoms with Crippen molar-refractivity contribution < 1.29 is 15.0 Å². The first kappa shape index (κ1) is 13.3. The number of fused-ring (bicyclic) bond motifs is 1. The van der Waals surface area contributed by atoms with Gasteiger partial charge in [0.2, 0.25) is 0 Å². The molecule has 0 spiro atoms. The third-order valence-electron chi connectivity index (χ3n) is 4.40. The van der Waals surface area contributed by atoms with Crippen molar-refractivity contribution in [3.63, 3.8) is 0 Å². The fraction of sp³-hybridized carbons (Fsp3) is 0.667. The van der Waals surface area contributed by atoms with Crippen molar-refractivity contribution in [3.05, 3.63) is 23.3 Å². The topological polar surface area (TPSA) is 57.5 Å². The van der Waals surface area contributed by atoms with Crippen molar-refractivity contribution in [3.8, 4) is 0 Å². The van der Waals surface area contributed by atoms with E-state index in [1.807, 2.05) is 19.9 Å². The van der Waals surface area contributed by atoms with E-state index in [4.69, 9.17) is 0 Å². The van der Waals surface area contributed by atoms with Crippen LogP contribution in [0.1, 0.15) is 40.0 Å². The zero-order valence-electron chi connectivity index (χ0n) is 11.3. The summed E-state index contributed by atoms with van der Waals surface area (Å²) in [5, 5.41) is 19.6. The van der Waals surface area contributed by atoms with E-state index >= 15 is 0 Å². The number of hydrogen-bond acceptors (Lipinski definition) is 2. The smallest absolute Gasteiger partial charge is 0.331 e. The fourth-order valence-corrected chi connectivity index (χ4v) is 3.43. The van der Waals surface area contributed by atoms with E-state index in [9.17, 15) is 15.0 Å². The van der Waals surface area contributed by atoms with Crippen molar-refractivity contribution in [2.45, 2.75) is 45.6 Å². The van der Waals surface area contributed by atoms with Crippen LogP contribution in [0, 0.1) is 17.8 Å². The van der Waals surface area contributed by atoms with Gasteiger partial charge in [0.05, 0.1) is 5.60 Å². The van der Waals surface area contributed by atoms with Crippen molar-refractivity contribution in [2.75, 3.05) is 0 Å². The van der Waals surface area contributed by atoms with Gasteiger partial charge in [-0.2, -0.15) is 0 Å². The second-order valence-corrected chi connectivity index (χ2v) is 6.20. The van der Waals surface area contributed by atoms with Gasteiger partial charge < -0.3 is 10.2 Å². The molecular formula is C15H22O3.